The van der Waals surface area contributed by atoms with Crippen LogP contribution in [0.5, 0.6) is 0 Å². The summed E-state index contributed by atoms with van der Waals surface area (Å²) in [5.74, 6) is 0. The number of furan rings is 1. The molecule has 0 saturated carbocycles. The van der Waals surface area contributed by atoms with Gasteiger partial charge in [0.25, 0.3) is 0 Å². The van der Waals surface area contributed by atoms with Crippen molar-refractivity contribution in [3.63, 3.8) is 0 Å². The second kappa shape index (κ2) is 13.4. The van der Waals surface area contributed by atoms with Crippen molar-refractivity contribution in [2.75, 3.05) is 4.90 Å². The zero-order chi connectivity index (χ0) is 39.3. The maximum Gasteiger partial charge on any atom is 0.143 e. The summed E-state index contributed by atoms with van der Waals surface area (Å²) in [4.78, 5) is 1.83. The van der Waals surface area contributed by atoms with Crippen LogP contribution in [0.1, 0.15) is 5.48 Å². The lowest BCUT2D eigenvalue weighted by Crippen LogP contribution is -2.09. The van der Waals surface area contributed by atoms with E-state index in [0.717, 1.165) is 66.1 Å². The summed E-state index contributed by atoms with van der Waals surface area (Å²) in [6.07, 6.45) is 0. The molecule has 10 aromatic rings. The highest BCUT2D eigenvalue weighted by Crippen LogP contribution is 2.42. The van der Waals surface area contributed by atoms with Gasteiger partial charge in [0.2, 0.25) is 0 Å². The van der Waals surface area contributed by atoms with Gasteiger partial charge in [-0.15, -0.1) is 0 Å². The van der Waals surface area contributed by atoms with Gasteiger partial charge in [-0.1, -0.05) is 164 Å². The molecule has 0 fully saturated rings. The molecule has 0 spiro atoms. The molecule has 254 valence electrons. The maximum absolute atomic E-state index is 9.36. The molecule has 10 rings (SSSR count). The van der Waals surface area contributed by atoms with E-state index in [2.05, 4.69) is 78.9 Å². The number of nitrogens with zero attached hydrogens (tertiary/aromatic N) is 1. The smallest absolute Gasteiger partial charge is 0.143 e. The Balaban J connectivity index is 1.09. The topological polar surface area (TPSA) is 16.4 Å². The highest BCUT2D eigenvalue weighted by Gasteiger charge is 2.17. The first-order valence-electron chi connectivity index (χ1n) is 20.1. The molecule has 0 aliphatic carbocycles. The average molecular weight is 694 g/mol. The van der Waals surface area contributed by atoms with Crippen molar-refractivity contribution in [2.24, 2.45) is 0 Å². The summed E-state index contributed by atoms with van der Waals surface area (Å²) < 4.78 is 43.5. The van der Waals surface area contributed by atoms with Gasteiger partial charge in [-0.3, -0.25) is 0 Å². The van der Waals surface area contributed by atoms with Gasteiger partial charge < -0.3 is 9.32 Å². The first kappa shape index (κ1) is 27.5. The van der Waals surface area contributed by atoms with Crippen molar-refractivity contribution in [1.82, 2.24) is 0 Å². The molecule has 0 bridgehead atoms. The van der Waals surface area contributed by atoms with E-state index in [1.54, 1.807) is 0 Å². The van der Waals surface area contributed by atoms with Crippen LogP contribution in [0, 0.1) is 0 Å². The van der Waals surface area contributed by atoms with E-state index < -0.39 is 0 Å². The number of hydrogen-bond acceptors (Lipinski definition) is 2. The van der Waals surface area contributed by atoms with Crippen LogP contribution in [0.2, 0.25) is 0 Å². The van der Waals surface area contributed by atoms with Gasteiger partial charge in [0.15, 0.2) is 0 Å². The maximum atomic E-state index is 9.36. The van der Waals surface area contributed by atoms with Crippen LogP contribution in [-0.4, -0.2) is 0 Å². The Morgan fingerprint density at radius 1 is 0.352 bits per heavy atom. The highest BCUT2D eigenvalue weighted by molar-refractivity contribution is 6.19. The fourth-order valence-electron chi connectivity index (χ4n) is 7.45. The molecule has 2 nitrogen and oxygen atoms in total. The predicted octanol–water partition coefficient (Wildman–Crippen LogP) is 14.9. The monoisotopic (exact) mass is 693 g/mol. The quantitative estimate of drug-likeness (QED) is 0.165. The molecule has 0 aliphatic heterocycles. The van der Waals surface area contributed by atoms with Gasteiger partial charge in [0.1, 0.15) is 11.2 Å². The zero-order valence-corrected chi connectivity index (χ0v) is 29.3. The summed E-state index contributed by atoms with van der Waals surface area (Å²) in [7, 11) is 0. The Hall–Kier alpha value is -7.16. The fourth-order valence-corrected chi connectivity index (χ4v) is 7.45. The van der Waals surface area contributed by atoms with Crippen molar-refractivity contribution in [3.8, 4) is 44.5 Å². The molecule has 9 aromatic carbocycles. The van der Waals surface area contributed by atoms with E-state index in [0.29, 0.717) is 16.9 Å². The van der Waals surface area contributed by atoms with Crippen molar-refractivity contribution in [2.45, 2.75) is 0 Å². The molecule has 0 radical (unpaired) electrons. The second-order valence-electron chi connectivity index (χ2n) is 13.4. The second-order valence-corrected chi connectivity index (χ2v) is 13.4. The number of fused-ring (bicyclic) bond motifs is 5. The third-order valence-electron chi connectivity index (χ3n) is 10.2. The fraction of sp³-hybridized carbons (Fsp3) is 0. The van der Waals surface area contributed by atoms with E-state index in [4.69, 9.17) is 7.16 Å². The van der Waals surface area contributed by atoms with Crippen molar-refractivity contribution < 1.29 is 9.90 Å². The minimum absolute atomic E-state index is 0.0926. The number of hydrogen-bond donors (Lipinski definition) is 0. The summed E-state index contributed by atoms with van der Waals surface area (Å²) in [6.45, 7) is 0. The third-order valence-corrected chi connectivity index (χ3v) is 10.2. The molecule has 0 aliphatic rings. The van der Waals surface area contributed by atoms with Crippen LogP contribution in [0.25, 0.3) is 77.2 Å². The number of anilines is 3. The largest absolute Gasteiger partial charge is 0.455 e. The first-order valence-corrected chi connectivity index (χ1v) is 18.1. The Kier molecular flexibility index (Phi) is 6.84. The highest BCUT2D eigenvalue weighted by atomic mass is 16.3. The van der Waals surface area contributed by atoms with Gasteiger partial charge in [-0.2, -0.15) is 0 Å². The van der Waals surface area contributed by atoms with Crippen LogP contribution in [0.3, 0.4) is 0 Å². The third kappa shape index (κ3) is 5.71. The molecular formula is C52H35NO. The molecule has 0 saturated heterocycles. The summed E-state index contributed by atoms with van der Waals surface area (Å²) in [5.41, 5.74) is 10.6. The van der Waals surface area contributed by atoms with Crippen LogP contribution < -0.4 is 4.90 Å². The average Bonchev–Trinajstić information content (AvgIpc) is 3.68. The number of benzene rings is 9. The van der Waals surface area contributed by atoms with Crippen LogP contribution in [-0.2, 0) is 0 Å². The molecule has 54 heavy (non-hydrogen) atoms. The Morgan fingerprint density at radius 3 is 1.50 bits per heavy atom. The van der Waals surface area contributed by atoms with E-state index in [1.807, 2.05) is 114 Å². The lowest BCUT2D eigenvalue weighted by molar-refractivity contribution is 0.673. The molecule has 0 amide bonds. The Labute approximate surface area is 320 Å². The molecule has 1 heterocycles. The van der Waals surface area contributed by atoms with E-state index in [1.165, 1.54) is 0 Å². The van der Waals surface area contributed by atoms with Gasteiger partial charge in [0, 0.05) is 33.2 Å². The Morgan fingerprint density at radius 2 is 0.870 bits per heavy atom. The van der Waals surface area contributed by atoms with Gasteiger partial charge in [0.05, 0.1) is 5.48 Å². The van der Waals surface area contributed by atoms with E-state index in [9.17, 15) is 2.74 Å². The molecule has 2 heteroatoms. The van der Waals surface area contributed by atoms with Crippen LogP contribution in [0.4, 0.5) is 17.1 Å². The molecule has 0 unspecified atom stereocenters. The van der Waals surface area contributed by atoms with Gasteiger partial charge >= 0.3 is 0 Å². The molecule has 1 aromatic heterocycles. The van der Waals surface area contributed by atoms with E-state index in [-0.39, 0.29) is 35.4 Å². The summed E-state index contributed by atoms with van der Waals surface area (Å²) in [5, 5.41) is 4.28. The van der Waals surface area contributed by atoms with Crippen molar-refractivity contribution in [3.05, 3.63) is 212 Å². The normalized spacial score (nSPS) is 12.4. The molecular weight excluding hydrogens is 655 g/mol. The summed E-state index contributed by atoms with van der Waals surface area (Å²) in [6, 6.07) is 62.3. The minimum Gasteiger partial charge on any atom is -0.455 e. The lowest BCUT2D eigenvalue weighted by atomic mass is 9.97. The molecule has 0 atom stereocenters. The Bertz CT molecular complexity index is 3090. The number of rotatable bonds is 7. The van der Waals surface area contributed by atoms with E-state index >= 15 is 0 Å². The van der Waals surface area contributed by atoms with Gasteiger partial charge in [-0.05, 0) is 98.4 Å². The standard InChI is InChI=1S/C52H35NO/c1-3-10-36(11-4-1)38-18-20-39(21-19-38)41-24-31-45(32-25-41)53(44-29-22-40(23-30-44)37-12-5-2-6-13-37)46-33-26-43(27-34-46)47-16-9-17-50-51(47)49-35-28-42-14-7-8-15-48(42)52(49)54-50/h1-35H/i22D,23D,29D,30D. The van der Waals surface area contributed by atoms with Crippen molar-refractivity contribution >= 4 is 49.8 Å². The first-order chi connectivity index (χ1) is 28.4. The van der Waals surface area contributed by atoms with Crippen molar-refractivity contribution in [1.29, 1.82) is 0 Å². The van der Waals surface area contributed by atoms with Gasteiger partial charge in [-0.25, -0.2) is 0 Å². The summed E-state index contributed by atoms with van der Waals surface area (Å²) >= 11 is 0. The SMILES string of the molecule is [2H]c1c([2H])c(N(c2ccc(-c3ccc(-c4ccccc4)cc3)cc2)c2ccc(-c3cccc4oc5c6ccccc6ccc5c34)cc2)c([2H])c([2H])c1-c1ccccc1. The van der Waals surface area contributed by atoms with Crippen LogP contribution >= 0.6 is 0 Å². The zero-order valence-electron chi connectivity index (χ0n) is 33.3. The molecule has 0 N–H and O–H groups in total. The van der Waals surface area contributed by atoms with Crippen LogP contribution in [0.15, 0.2) is 217 Å². The minimum atomic E-state index is -0.119. The predicted molar refractivity (Wildman–Crippen MR) is 228 cm³/mol. The lowest BCUT2D eigenvalue weighted by Gasteiger charge is -2.26.